The van der Waals surface area contributed by atoms with Crippen molar-refractivity contribution in [3.63, 3.8) is 0 Å². The molecule has 0 aromatic heterocycles. The molecule has 2 aliphatic heterocycles. The molecule has 17 heavy (non-hydrogen) atoms. The van der Waals surface area contributed by atoms with E-state index in [1.165, 1.54) is 0 Å². The van der Waals surface area contributed by atoms with Gasteiger partial charge in [-0.05, 0) is 27.2 Å². The number of rotatable bonds is 3. The Balaban J connectivity index is 1.73. The van der Waals surface area contributed by atoms with Crippen LogP contribution in [-0.4, -0.2) is 49.5 Å². The van der Waals surface area contributed by atoms with Crippen molar-refractivity contribution in [2.24, 2.45) is 0 Å². The number of ether oxygens (including phenoxy) is 2. The highest BCUT2D eigenvalue weighted by Crippen LogP contribution is 2.21. The standard InChI is InChI=1S/C12H22N2O3/c1-12(2,3)17-10(15)7-14-9-6-13-8-4-5-16-11(8)9/h8-9,11,13-14H,4-7H2,1-3H3/t8-,9+,11+/m0/s1. The number of carbonyl (C=O) groups is 1. The van der Waals surface area contributed by atoms with Gasteiger partial charge in [0.05, 0.1) is 12.6 Å². The van der Waals surface area contributed by atoms with Gasteiger partial charge in [-0.2, -0.15) is 0 Å². The summed E-state index contributed by atoms with van der Waals surface area (Å²) in [5, 5.41) is 6.61. The Hall–Kier alpha value is -0.650. The molecule has 0 radical (unpaired) electrons. The smallest absolute Gasteiger partial charge is 0.320 e. The summed E-state index contributed by atoms with van der Waals surface area (Å²) in [5.74, 6) is -0.209. The molecular formula is C12H22N2O3. The molecule has 0 bridgehead atoms. The summed E-state index contributed by atoms with van der Waals surface area (Å²) in [5.41, 5.74) is -0.418. The fourth-order valence-electron chi connectivity index (χ4n) is 2.40. The third kappa shape index (κ3) is 3.40. The summed E-state index contributed by atoms with van der Waals surface area (Å²) in [6.07, 6.45) is 1.27. The molecule has 0 aliphatic carbocycles. The van der Waals surface area contributed by atoms with Gasteiger partial charge in [-0.1, -0.05) is 0 Å². The maximum absolute atomic E-state index is 11.6. The Labute approximate surface area is 102 Å². The summed E-state index contributed by atoms with van der Waals surface area (Å²) in [7, 11) is 0. The van der Waals surface area contributed by atoms with Crippen molar-refractivity contribution >= 4 is 5.97 Å². The predicted octanol–water partition coefficient (Wildman–Crippen LogP) is 0.0470. The van der Waals surface area contributed by atoms with Crippen molar-refractivity contribution in [2.45, 2.75) is 51.0 Å². The largest absolute Gasteiger partial charge is 0.459 e. The zero-order valence-corrected chi connectivity index (χ0v) is 10.8. The van der Waals surface area contributed by atoms with Crippen LogP contribution in [-0.2, 0) is 14.3 Å². The van der Waals surface area contributed by atoms with E-state index in [1.54, 1.807) is 0 Å². The Morgan fingerprint density at radius 3 is 3.00 bits per heavy atom. The van der Waals surface area contributed by atoms with Gasteiger partial charge in [0.1, 0.15) is 5.60 Å². The molecule has 2 fully saturated rings. The first-order valence-electron chi connectivity index (χ1n) is 6.26. The van der Waals surface area contributed by atoms with Crippen LogP contribution in [0.25, 0.3) is 0 Å². The van der Waals surface area contributed by atoms with Crippen LogP contribution in [0.15, 0.2) is 0 Å². The highest BCUT2D eigenvalue weighted by molar-refractivity contribution is 5.72. The van der Waals surface area contributed by atoms with Crippen molar-refractivity contribution in [2.75, 3.05) is 19.7 Å². The monoisotopic (exact) mass is 242 g/mol. The van der Waals surface area contributed by atoms with Crippen LogP contribution in [0.1, 0.15) is 27.2 Å². The molecule has 0 spiro atoms. The summed E-state index contributed by atoms with van der Waals surface area (Å²) in [4.78, 5) is 11.6. The molecule has 0 unspecified atom stereocenters. The van der Waals surface area contributed by atoms with Gasteiger partial charge in [0.2, 0.25) is 0 Å². The predicted molar refractivity (Wildman–Crippen MR) is 63.8 cm³/mol. The quantitative estimate of drug-likeness (QED) is 0.685. The highest BCUT2D eigenvalue weighted by Gasteiger charge is 2.40. The Morgan fingerprint density at radius 2 is 2.29 bits per heavy atom. The maximum Gasteiger partial charge on any atom is 0.320 e. The first kappa shape index (κ1) is 12.8. The van der Waals surface area contributed by atoms with Crippen LogP contribution in [0.3, 0.4) is 0 Å². The molecule has 0 amide bonds. The second-order valence-corrected chi connectivity index (χ2v) is 5.71. The molecule has 0 saturated carbocycles. The van der Waals surface area contributed by atoms with Gasteiger partial charge in [0.15, 0.2) is 0 Å². The molecule has 2 saturated heterocycles. The third-order valence-electron chi connectivity index (χ3n) is 3.06. The number of nitrogens with one attached hydrogen (secondary N) is 2. The first-order valence-corrected chi connectivity index (χ1v) is 6.26. The van der Waals surface area contributed by atoms with Gasteiger partial charge in [-0.3, -0.25) is 4.79 Å². The maximum atomic E-state index is 11.6. The van der Waals surface area contributed by atoms with E-state index >= 15 is 0 Å². The van der Waals surface area contributed by atoms with E-state index in [9.17, 15) is 4.79 Å². The van der Waals surface area contributed by atoms with Gasteiger partial charge < -0.3 is 20.1 Å². The van der Waals surface area contributed by atoms with E-state index in [4.69, 9.17) is 9.47 Å². The molecule has 5 heteroatoms. The summed E-state index contributed by atoms with van der Waals surface area (Å²) < 4.78 is 10.9. The van der Waals surface area contributed by atoms with Crippen LogP contribution in [0.5, 0.6) is 0 Å². The SMILES string of the molecule is CC(C)(C)OC(=O)CN[C@@H]1CN[C@H]2CCO[C@H]21. The number of hydrogen-bond acceptors (Lipinski definition) is 5. The molecule has 0 aromatic carbocycles. The van der Waals surface area contributed by atoms with Crippen LogP contribution in [0.2, 0.25) is 0 Å². The van der Waals surface area contributed by atoms with Gasteiger partial charge in [-0.25, -0.2) is 0 Å². The van der Waals surface area contributed by atoms with E-state index < -0.39 is 5.60 Å². The number of carbonyl (C=O) groups excluding carboxylic acids is 1. The first-order chi connectivity index (χ1) is 7.96. The Morgan fingerprint density at radius 1 is 1.53 bits per heavy atom. The van der Waals surface area contributed by atoms with E-state index in [-0.39, 0.29) is 24.7 Å². The van der Waals surface area contributed by atoms with Crippen molar-refractivity contribution in [3.8, 4) is 0 Å². The number of esters is 1. The molecule has 2 aliphatic rings. The van der Waals surface area contributed by atoms with Crippen LogP contribution < -0.4 is 10.6 Å². The average molecular weight is 242 g/mol. The van der Waals surface area contributed by atoms with Crippen molar-refractivity contribution in [3.05, 3.63) is 0 Å². The fraction of sp³-hybridized carbons (Fsp3) is 0.917. The second-order valence-electron chi connectivity index (χ2n) is 5.71. The molecule has 0 aromatic rings. The Bertz CT molecular complexity index is 288. The van der Waals surface area contributed by atoms with Gasteiger partial charge in [0.25, 0.3) is 0 Å². The van der Waals surface area contributed by atoms with Crippen molar-refractivity contribution in [1.82, 2.24) is 10.6 Å². The van der Waals surface area contributed by atoms with Crippen LogP contribution in [0, 0.1) is 0 Å². The lowest BCUT2D eigenvalue weighted by Crippen LogP contribution is -2.44. The van der Waals surface area contributed by atoms with Crippen molar-refractivity contribution < 1.29 is 14.3 Å². The lowest BCUT2D eigenvalue weighted by molar-refractivity contribution is -0.153. The molecule has 3 atom stereocenters. The molecule has 5 nitrogen and oxygen atoms in total. The molecule has 2 rings (SSSR count). The van der Waals surface area contributed by atoms with Crippen LogP contribution >= 0.6 is 0 Å². The summed E-state index contributed by atoms with van der Waals surface area (Å²) in [6, 6.07) is 0.668. The lowest BCUT2D eigenvalue weighted by atomic mass is 10.1. The topological polar surface area (TPSA) is 59.6 Å². The van der Waals surface area contributed by atoms with E-state index in [1.807, 2.05) is 20.8 Å². The highest BCUT2D eigenvalue weighted by atomic mass is 16.6. The molecule has 98 valence electrons. The zero-order valence-electron chi connectivity index (χ0n) is 10.8. The van der Waals surface area contributed by atoms with Gasteiger partial charge in [0, 0.05) is 25.2 Å². The third-order valence-corrected chi connectivity index (χ3v) is 3.06. The number of fused-ring (bicyclic) bond motifs is 1. The zero-order chi connectivity index (χ0) is 12.5. The molecular weight excluding hydrogens is 220 g/mol. The summed E-state index contributed by atoms with van der Waals surface area (Å²) in [6.45, 7) is 7.54. The lowest BCUT2D eigenvalue weighted by Gasteiger charge is -2.22. The number of hydrogen-bond donors (Lipinski definition) is 2. The van der Waals surface area contributed by atoms with Gasteiger partial charge >= 0.3 is 5.97 Å². The normalized spacial score (nSPS) is 32.5. The molecule has 2 heterocycles. The van der Waals surface area contributed by atoms with Gasteiger partial charge in [-0.15, -0.1) is 0 Å². The fourth-order valence-corrected chi connectivity index (χ4v) is 2.40. The van der Waals surface area contributed by atoms with Crippen LogP contribution in [0.4, 0.5) is 0 Å². The minimum Gasteiger partial charge on any atom is -0.459 e. The van der Waals surface area contributed by atoms with E-state index in [0.29, 0.717) is 6.04 Å². The minimum atomic E-state index is -0.418. The molecule has 2 N–H and O–H groups in total. The minimum absolute atomic E-state index is 0.206. The summed E-state index contributed by atoms with van der Waals surface area (Å²) >= 11 is 0. The second kappa shape index (κ2) is 4.92. The van der Waals surface area contributed by atoms with E-state index in [2.05, 4.69) is 10.6 Å². The van der Waals surface area contributed by atoms with E-state index in [0.717, 1.165) is 19.6 Å². The average Bonchev–Trinajstić information content (AvgIpc) is 2.73. The van der Waals surface area contributed by atoms with Crippen molar-refractivity contribution in [1.29, 1.82) is 0 Å². The Kier molecular flexibility index (Phi) is 3.70.